The monoisotopic (exact) mass is 293 g/mol. The molecule has 0 radical (unpaired) electrons. The van der Waals surface area contributed by atoms with Crippen LogP contribution in [0.3, 0.4) is 0 Å². The van der Waals surface area contributed by atoms with Crippen molar-refractivity contribution in [1.82, 2.24) is 5.32 Å². The van der Waals surface area contributed by atoms with Crippen molar-refractivity contribution in [3.05, 3.63) is 34.9 Å². The van der Waals surface area contributed by atoms with Gasteiger partial charge in [-0.1, -0.05) is 36.2 Å². The van der Waals surface area contributed by atoms with E-state index in [1.807, 2.05) is 12.1 Å². The molecule has 2 atom stereocenters. The van der Waals surface area contributed by atoms with Crippen LogP contribution in [0, 0.1) is 11.8 Å². The molecule has 2 unspecified atom stereocenters. The minimum Gasteiger partial charge on any atom is -0.396 e. The first-order chi connectivity index (χ1) is 9.78. The first-order valence-electron chi connectivity index (χ1n) is 7.86. The van der Waals surface area contributed by atoms with E-state index in [0.29, 0.717) is 30.4 Å². The molecule has 3 rings (SSSR count). The van der Waals surface area contributed by atoms with Crippen LogP contribution in [0.4, 0.5) is 0 Å². The minimum absolute atomic E-state index is 0.360. The predicted molar refractivity (Wildman–Crippen MR) is 83.1 cm³/mol. The normalized spacial score (nSPS) is 33.1. The molecular weight excluding hydrogens is 270 g/mol. The zero-order chi connectivity index (χ0) is 13.9. The van der Waals surface area contributed by atoms with Gasteiger partial charge in [0.05, 0.1) is 0 Å². The summed E-state index contributed by atoms with van der Waals surface area (Å²) < 4.78 is 0. The summed E-state index contributed by atoms with van der Waals surface area (Å²) in [5, 5.41) is 14.0. The highest BCUT2D eigenvalue weighted by molar-refractivity contribution is 6.31. The van der Waals surface area contributed by atoms with E-state index in [9.17, 15) is 5.11 Å². The van der Waals surface area contributed by atoms with Crippen LogP contribution in [-0.4, -0.2) is 24.3 Å². The predicted octanol–water partition coefficient (Wildman–Crippen LogP) is 3.58. The average Bonchev–Trinajstić information content (AvgIpc) is 2.86. The van der Waals surface area contributed by atoms with E-state index in [2.05, 4.69) is 17.4 Å². The summed E-state index contributed by atoms with van der Waals surface area (Å²) in [6.45, 7) is 1.43. The van der Waals surface area contributed by atoms with Gasteiger partial charge in [0.15, 0.2) is 0 Å². The molecule has 2 fully saturated rings. The van der Waals surface area contributed by atoms with Gasteiger partial charge in [0.1, 0.15) is 0 Å². The zero-order valence-electron chi connectivity index (χ0n) is 11.9. The molecule has 0 amide bonds. The second kappa shape index (κ2) is 6.46. The van der Waals surface area contributed by atoms with Gasteiger partial charge in [0.2, 0.25) is 0 Å². The van der Waals surface area contributed by atoms with E-state index in [4.69, 9.17) is 11.6 Å². The molecule has 20 heavy (non-hydrogen) atoms. The Morgan fingerprint density at radius 3 is 2.65 bits per heavy atom. The highest BCUT2D eigenvalue weighted by Crippen LogP contribution is 2.40. The number of halogens is 1. The Labute approximate surface area is 126 Å². The van der Waals surface area contributed by atoms with Gasteiger partial charge in [0.25, 0.3) is 0 Å². The van der Waals surface area contributed by atoms with Gasteiger partial charge in [0, 0.05) is 17.7 Å². The van der Waals surface area contributed by atoms with Gasteiger partial charge in [-0.15, -0.1) is 0 Å². The highest BCUT2D eigenvalue weighted by Gasteiger charge is 2.33. The third kappa shape index (κ3) is 3.03. The van der Waals surface area contributed by atoms with Crippen molar-refractivity contribution in [2.45, 2.75) is 44.1 Å². The molecule has 2 aliphatic carbocycles. The van der Waals surface area contributed by atoms with Crippen molar-refractivity contribution in [3.63, 3.8) is 0 Å². The molecule has 3 heteroatoms. The Balaban J connectivity index is 1.44. The van der Waals surface area contributed by atoms with Crippen LogP contribution in [0.25, 0.3) is 0 Å². The number of aliphatic hydroxyl groups excluding tert-OH is 1. The molecule has 0 spiro atoms. The lowest BCUT2D eigenvalue weighted by atomic mass is 9.75. The number of hydrogen-bond acceptors (Lipinski definition) is 2. The van der Waals surface area contributed by atoms with Crippen molar-refractivity contribution in [2.24, 2.45) is 11.8 Å². The third-order valence-corrected chi connectivity index (χ3v) is 5.55. The number of hydrogen-bond donors (Lipinski definition) is 2. The summed E-state index contributed by atoms with van der Waals surface area (Å²) in [6, 6.07) is 8.85. The lowest BCUT2D eigenvalue weighted by Crippen LogP contribution is -2.43. The van der Waals surface area contributed by atoms with E-state index >= 15 is 0 Å². The molecule has 2 saturated carbocycles. The highest BCUT2D eigenvalue weighted by atomic mass is 35.5. The Kier molecular flexibility index (Phi) is 4.65. The number of nitrogens with one attached hydrogen (secondary N) is 1. The molecule has 110 valence electrons. The second-order valence-corrected chi connectivity index (χ2v) is 6.84. The van der Waals surface area contributed by atoms with Crippen molar-refractivity contribution >= 4 is 11.6 Å². The molecule has 0 aliphatic heterocycles. The quantitative estimate of drug-likeness (QED) is 0.870. The van der Waals surface area contributed by atoms with Gasteiger partial charge < -0.3 is 10.4 Å². The maximum absolute atomic E-state index is 9.35. The van der Waals surface area contributed by atoms with Crippen molar-refractivity contribution in [1.29, 1.82) is 0 Å². The van der Waals surface area contributed by atoms with Crippen molar-refractivity contribution in [3.8, 4) is 0 Å². The lowest BCUT2D eigenvalue weighted by Gasteiger charge is -2.37. The largest absolute Gasteiger partial charge is 0.396 e. The standard InChI is InChI=1S/C17H24ClNO/c18-17-7-2-1-6-16(17)14-8-15(9-14)19-10-12-4-3-5-13(12)11-20/h1-2,6-7,12-15,19-20H,3-5,8-11H2. The van der Waals surface area contributed by atoms with E-state index in [0.717, 1.165) is 11.6 Å². The van der Waals surface area contributed by atoms with Crippen LogP contribution in [0.2, 0.25) is 5.02 Å². The van der Waals surface area contributed by atoms with Gasteiger partial charge in [-0.3, -0.25) is 0 Å². The number of benzene rings is 1. The fourth-order valence-electron chi connectivity index (χ4n) is 3.79. The van der Waals surface area contributed by atoms with Crippen molar-refractivity contribution in [2.75, 3.05) is 13.2 Å². The van der Waals surface area contributed by atoms with E-state index in [-0.39, 0.29) is 0 Å². The Hall–Kier alpha value is -0.570. The number of aliphatic hydroxyl groups is 1. The van der Waals surface area contributed by atoms with Gasteiger partial charge in [-0.05, 0) is 61.6 Å². The molecular formula is C17H24ClNO. The number of rotatable bonds is 5. The molecule has 2 N–H and O–H groups in total. The maximum atomic E-state index is 9.35. The smallest absolute Gasteiger partial charge is 0.0462 e. The third-order valence-electron chi connectivity index (χ3n) is 5.20. The molecule has 2 nitrogen and oxygen atoms in total. The summed E-state index contributed by atoms with van der Waals surface area (Å²) in [4.78, 5) is 0. The fraction of sp³-hybridized carbons (Fsp3) is 0.647. The van der Waals surface area contributed by atoms with Crippen LogP contribution in [0.15, 0.2) is 24.3 Å². The van der Waals surface area contributed by atoms with E-state index in [1.54, 1.807) is 0 Å². The summed E-state index contributed by atoms with van der Waals surface area (Å²) >= 11 is 6.25. The minimum atomic E-state index is 0.360. The van der Waals surface area contributed by atoms with Gasteiger partial charge >= 0.3 is 0 Å². The zero-order valence-corrected chi connectivity index (χ0v) is 12.6. The summed E-state index contributed by atoms with van der Waals surface area (Å²) in [5.41, 5.74) is 1.31. The first kappa shape index (κ1) is 14.4. The van der Waals surface area contributed by atoms with Crippen LogP contribution in [0.1, 0.15) is 43.6 Å². The SMILES string of the molecule is OCC1CCCC1CNC1CC(c2ccccc2Cl)C1. The molecule has 2 aliphatic rings. The van der Waals surface area contributed by atoms with Crippen LogP contribution >= 0.6 is 11.6 Å². The Morgan fingerprint density at radius 1 is 1.15 bits per heavy atom. The first-order valence-corrected chi connectivity index (χ1v) is 8.24. The topological polar surface area (TPSA) is 32.3 Å². The lowest BCUT2D eigenvalue weighted by molar-refractivity contribution is 0.182. The van der Waals surface area contributed by atoms with E-state index < -0.39 is 0 Å². The van der Waals surface area contributed by atoms with Gasteiger partial charge in [-0.25, -0.2) is 0 Å². The van der Waals surface area contributed by atoms with Crippen molar-refractivity contribution < 1.29 is 5.11 Å². The molecule has 1 aromatic rings. The summed E-state index contributed by atoms with van der Waals surface area (Å²) in [5.74, 6) is 1.83. The van der Waals surface area contributed by atoms with Crippen LogP contribution < -0.4 is 5.32 Å². The summed E-state index contributed by atoms with van der Waals surface area (Å²) in [7, 11) is 0. The molecule has 1 aromatic carbocycles. The van der Waals surface area contributed by atoms with Gasteiger partial charge in [-0.2, -0.15) is 0 Å². The second-order valence-electron chi connectivity index (χ2n) is 6.43. The Morgan fingerprint density at radius 2 is 1.90 bits per heavy atom. The van der Waals surface area contributed by atoms with Crippen LogP contribution in [0.5, 0.6) is 0 Å². The van der Waals surface area contributed by atoms with Crippen LogP contribution in [-0.2, 0) is 0 Å². The Bertz CT molecular complexity index is 444. The molecule has 0 bridgehead atoms. The fourth-order valence-corrected chi connectivity index (χ4v) is 4.08. The molecule has 0 aromatic heterocycles. The average molecular weight is 294 g/mol. The van der Waals surface area contributed by atoms with E-state index in [1.165, 1.54) is 37.7 Å². The summed E-state index contributed by atoms with van der Waals surface area (Å²) in [6.07, 6.45) is 6.15. The molecule has 0 saturated heterocycles. The maximum Gasteiger partial charge on any atom is 0.0462 e. The molecule has 0 heterocycles.